The van der Waals surface area contributed by atoms with E-state index in [0.717, 1.165) is 0 Å². The average molecular weight is 683 g/mol. The number of rotatable bonds is 0. The van der Waals surface area contributed by atoms with Gasteiger partial charge in [-0.2, -0.15) is 48.5 Å². The number of hydrogen-bond acceptors (Lipinski definition) is 0. The van der Waals surface area contributed by atoms with Gasteiger partial charge in [-0.1, -0.05) is 52.0 Å². The van der Waals surface area contributed by atoms with Crippen LogP contribution >= 0.6 is 0 Å². The van der Waals surface area contributed by atoms with E-state index in [2.05, 4.69) is 173 Å². The first-order valence-electron chi connectivity index (χ1n) is 14.0. The van der Waals surface area contributed by atoms with Gasteiger partial charge in [0.25, 0.3) is 0 Å². The molecule has 0 fully saturated rings. The summed E-state index contributed by atoms with van der Waals surface area (Å²) >= 11 is 0. The average Bonchev–Trinajstić information content (AvgIpc) is 3.78. The summed E-state index contributed by atoms with van der Waals surface area (Å²) in [5.41, 5.74) is 5.48. The molecule has 4 heteroatoms. The van der Waals surface area contributed by atoms with E-state index in [1.165, 1.54) is 65.3 Å². The molecule has 0 N–H and O–H groups in total. The predicted molar refractivity (Wildman–Crippen MR) is 177 cm³/mol. The van der Waals surface area contributed by atoms with Crippen LogP contribution in [-0.4, -0.2) is 0 Å². The Hall–Kier alpha value is -2.67. The van der Waals surface area contributed by atoms with Crippen LogP contribution in [0.3, 0.4) is 0 Å². The molecule has 0 saturated carbocycles. The SMILES string of the molecule is C[c-]1ccc2ccccc21.C[c-]1ccc2ccccc21.C[c-]1ccc2ccccc21.C[c-]1ccc2ccccc21.[Cl-].[Cl-].[Ti+2].[Ti+2]. The molecule has 8 aromatic rings. The smallest absolute Gasteiger partial charge is 1.00 e. The van der Waals surface area contributed by atoms with Gasteiger partial charge in [-0.05, 0) is 0 Å². The second kappa shape index (κ2) is 19.0. The summed E-state index contributed by atoms with van der Waals surface area (Å²) in [5, 5.41) is 10.9. The number of halogens is 2. The molecule has 0 atom stereocenters. The van der Waals surface area contributed by atoms with Crippen LogP contribution in [0.15, 0.2) is 146 Å². The Bertz CT molecular complexity index is 1680. The Labute approximate surface area is 304 Å². The third-order valence-corrected chi connectivity index (χ3v) is 7.59. The predicted octanol–water partition coefficient (Wildman–Crippen LogP) is 5.47. The third kappa shape index (κ3) is 9.66. The number of fused-ring (bicyclic) bond motifs is 4. The van der Waals surface area contributed by atoms with Gasteiger partial charge in [0, 0.05) is 0 Å². The molecule has 0 aliphatic heterocycles. The van der Waals surface area contributed by atoms with Gasteiger partial charge in [-0.25, -0.2) is 0 Å². The molecule has 44 heavy (non-hydrogen) atoms. The van der Waals surface area contributed by atoms with E-state index >= 15 is 0 Å². The van der Waals surface area contributed by atoms with Crippen LogP contribution in [0.2, 0.25) is 0 Å². The Morgan fingerprint density at radius 2 is 0.477 bits per heavy atom. The summed E-state index contributed by atoms with van der Waals surface area (Å²) in [4.78, 5) is 0. The zero-order valence-corrected chi connectivity index (χ0v) is 30.2. The minimum atomic E-state index is 0. The van der Waals surface area contributed by atoms with Gasteiger partial charge in [-0.3, -0.25) is 0 Å². The van der Waals surface area contributed by atoms with Gasteiger partial charge < -0.3 is 24.8 Å². The van der Waals surface area contributed by atoms with Crippen molar-refractivity contribution < 1.29 is 68.2 Å². The van der Waals surface area contributed by atoms with Crippen molar-refractivity contribution in [3.63, 3.8) is 0 Å². The van der Waals surface area contributed by atoms with E-state index in [1.54, 1.807) is 0 Å². The second-order valence-corrected chi connectivity index (χ2v) is 10.4. The van der Waals surface area contributed by atoms with E-state index < -0.39 is 0 Å². The first-order chi connectivity index (χ1) is 19.5. The molecular formula is C40H36Cl2Ti2-2. The monoisotopic (exact) mass is 682 g/mol. The van der Waals surface area contributed by atoms with E-state index in [1.807, 2.05) is 0 Å². The summed E-state index contributed by atoms with van der Waals surface area (Å²) in [6, 6.07) is 51.1. The molecule has 0 spiro atoms. The van der Waals surface area contributed by atoms with Crippen molar-refractivity contribution in [2.45, 2.75) is 27.7 Å². The Kier molecular flexibility index (Phi) is 17.0. The molecular weight excluding hydrogens is 647 g/mol. The van der Waals surface area contributed by atoms with Gasteiger partial charge in [-0.15, -0.1) is 138 Å². The van der Waals surface area contributed by atoms with Crippen molar-refractivity contribution in [2.75, 3.05) is 0 Å². The van der Waals surface area contributed by atoms with Crippen LogP contribution in [0.1, 0.15) is 22.3 Å². The summed E-state index contributed by atoms with van der Waals surface area (Å²) in [6.45, 7) is 8.56. The van der Waals surface area contributed by atoms with Gasteiger partial charge >= 0.3 is 43.4 Å². The minimum absolute atomic E-state index is 0. The van der Waals surface area contributed by atoms with Crippen LogP contribution in [0.5, 0.6) is 0 Å². The largest absolute Gasteiger partial charge is 2.00 e. The molecule has 0 heterocycles. The second-order valence-electron chi connectivity index (χ2n) is 10.4. The van der Waals surface area contributed by atoms with E-state index in [9.17, 15) is 0 Å². The summed E-state index contributed by atoms with van der Waals surface area (Å²) in [7, 11) is 0. The Morgan fingerprint density at radius 3 is 0.659 bits per heavy atom. The number of hydrogen-bond donors (Lipinski definition) is 0. The maximum atomic E-state index is 2.16. The molecule has 220 valence electrons. The first-order valence-corrected chi connectivity index (χ1v) is 14.0. The van der Waals surface area contributed by atoms with Crippen molar-refractivity contribution in [3.8, 4) is 0 Å². The van der Waals surface area contributed by atoms with Crippen LogP contribution in [0, 0.1) is 27.7 Å². The normalized spacial score (nSPS) is 9.55. The van der Waals surface area contributed by atoms with Crippen molar-refractivity contribution in [1.29, 1.82) is 0 Å². The Balaban J connectivity index is 0.000000285. The van der Waals surface area contributed by atoms with Gasteiger partial charge in [0.1, 0.15) is 0 Å². The quantitative estimate of drug-likeness (QED) is 0.147. The first kappa shape index (κ1) is 39.4. The molecule has 8 rings (SSSR count). The molecule has 0 aliphatic rings. The molecule has 8 aromatic carbocycles. The molecule has 0 aromatic heterocycles. The standard InChI is InChI=1S/4C10H9.2ClH.2Ti/c4*1-8-6-7-9-4-2-3-5-10(8)9;;;;/h4*2-7H,1H3;2*1H;;/q4*-1;;;2*+2/p-2. The van der Waals surface area contributed by atoms with Crippen molar-refractivity contribution in [1.82, 2.24) is 0 Å². The van der Waals surface area contributed by atoms with Gasteiger partial charge in [0.2, 0.25) is 0 Å². The molecule has 0 saturated heterocycles. The number of aryl methyl sites for hydroxylation is 4. The fraction of sp³-hybridized carbons (Fsp3) is 0.100. The van der Waals surface area contributed by atoms with E-state index in [4.69, 9.17) is 0 Å². The van der Waals surface area contributed by atoms with Gasteiger partial charge in [0.05, 0.1) is 0 Å². The van der Waals surface area contributed by atoms with E-state index in [0.29, 0.717) is 0 Å². The maximum Gasteiger partial charge on any atom is 2.00 e. The van der Waals surface area contributed by atoms with Crippen molar-refractivity contribution in [3.05, 3.63) is 168 Å². The van der Waals surface area contributed by atoms with Gasteiger partial charge in [0.15, 0.2) is 0 Å². The maximum absolute atomic E-state index is 2.16. The van der Waals surface area contributed by atoms with Crippen LogP contribution in [0.25, 0.3) is 43.1 Å². The van der Waals surface area contributed by atoms with Crippen molar-refractivity contribution >= 4 is 43.1 Å². The molecule has 0 amide bonds. The van der Waals surface area contributed by atoms with Crippen LogP contribution < -0.4 is 24.8 Å². The number of benzene rings is 4. The molecule has 0 bridgehead atoms. The molecule has 0 aliphatic carbocycles. The van der Waals surface area contributed by atoms with Crippen LogP contribution in [-0.2, 0) is 43.4 Å². The molecule has 0 nitrogen and oxygen atoms in total. The van der Waals surface area contributed by atoms with Crippen molar-refractivity contribution in [2.24, 2.45) is 0 Å². The summed E-state index contributed by atoms with van der Waals surface area (Å²) in [5.74, 6) is 0. The fourth-order valence-electron chi connectivity index (χ4n) is 5.22. The zero-order chi connectivity index (χ0) is 27.9. The van der Waals surface area contributed by atoms with Crippen LogP contribution in [0.4, 0.5) is 0 Å². The molecule has 0 unspecified atom stereocenters. The summed E-state index contributed by atoms with van der Waals surface area (Å²) in [6.07, 6.45) is 0. The zero-order valence-electron chi connectivity index (χ0n) is 25.6. The Morgan fingerprint density at radius 1 is 0.295 bits per heavy atom. The van der Waals surface area contributed by atoms with E-state index in [-0.39, 0.29) is 68.2 Å². The minimum Gasteiger partial charge on any atom is -1.00 e. The molecule has 0 radical (unpaired) electrons. The summed E-state index contributed by atoms with van der Waals surface area (Å²) < 4.78 is 0. The fourth-order valence-corrected chi connectivity index (χ4v) is 5.22. The third-order valence-electron chi connectivity index (χ3n) is 7.59. The topological polar surface area (TPSA) is 0 Å².